The molecule has 0 amide bonds. The molecule has 0 saturated heterocycles. The van der Waals surface area contributed by atoms with Crippen molar-refractivity contribution in [2.75, 3.05) is 10.5 Å². The normalized spacial score (nSPS) is 18.4. The van der Waals surface area contributed by atoms with Crippen LogP contribution in [0.25, 0.3) is 0 Å². The van der Waals surface area contributed by atoms with Crippen LogP contribution in [0.5, 0.6) is 0 Å². The number of nitrogens with zero attached hydrogens (tertiary/aromatic N) is 3. The van der Waals surface area contributed by atoms with Gasteiger partial charge in [0.05, 0.1) is 28.4 Å². The van der Waals surface area contributed by atoms with Gasteiger partial charge in [-0.1, -0.05) is 11.6 Å². The van der Waals surface area contributed by atoms with Crippen molar-refractivity contribution in [1.82, 2.24) is 9.97 Å². The highest BCUT2D eigenvalue weighted by molar-refractivity contribution is 9.10. The first kappa shape index (κ1) is 11.6. The van der Waals surface area contributed by atoms with Gasteiger partial charge in [-0.25, -0.2) is 14.8 Å². The van der Waals surface area contributed by atoms with Crippen LogP contribution in [0.4, 0.5) is 5.69 Å². The van der Waals surface area contributed by atoms with E-state index in [2.05, 4.69) is 26.1 Å². The Morgan fingerprint density at radius 1 is 1.75 bits per heavy atom. The van der Waals surface area contributed by atoms with Gasteiger partial charge in [0.15, 0.2) is 5.15 Å². The topological polar surface area (TPSA) is 55.3 Å². The van der Waals surface area contributed by atoms with Gasteiger partial charge in [-0.3, -0.25) is 3.93 Å². The van der Waals surface area contributed by atoms with E-state index in [1.54, 1.807) is 10.8 Å². The van der Waals surface area contributed by atoms with Crippen LogP contribution in [-0.4, -0.2) is 28.6 Å². The molecular formula is C9H9BrClN3O2. The minimum Gasteiger partial charge on any atom is -0.464 e. The molecular weight excluding hydrogens is 297 g/mol. The molecule has 0 N–H and O–H groups in total. The first-order valence-corrected chi connectivity index (χ1v) is 5.85. The van der Waals surface area contributed by atoms with Crippen molar-refractivity contribution in [1.29, 1.82) is 0 Å². The lowest BCUT2D eigenvalue weighted by Gasteiger charge is -2.17. The van der Waals surface area contributed by atoms with Crippen molar-refractivity contribution in [2.45, 2.75) is 19.4 Å². The maximum Gasteiger partial charge on any atom is 0.330 e. The Balaban J connectivity index is 2.27. The van der Waals surface area contributed by atoms with Crippen molar-refractivity contribution in [3.05, 3.63) is 17.2 Å². The number of anilines is 1. The van der Waals surface area contributed by atoms with Crippen molar-refractivity contribution in [2.24, 2.45) is 0 Å². The summed E-state index contributed by atoms with van der Waals surface area (Å²) in [7, 11) is 0. The maximum atomic E-state index is 11.7. The summed E-state index contributed by atoms with van der Waals surface area (Å²) >= 11 is 9.23. The molecule has 1 aromatic rings. The molecule has 0 saturated carbocycles. The lowest BCUT2D eigenvalue weighted by molar-refractivity contribution is -0.144. The van der Waals surface area contributed by atoms with E-state index in [1.807, 2.05) is 0 Å². The number of hydrogen-bond donors (Lipinski definition) is 0. The first-order chi connectivity index (χ1) is 7.65. The van der Waals surface area contributed by atoms with Crippen molar-refractivity contribution in [3.8, 4) is 0 Å². The van der Waals surface area contributed by atoms with Crippen LogP contribution >= 0.6 is 27.7 Å². The number of carbonyl (C=O) groups is 1. The lowest BCUT2D eigenvalue weighted by atomic mass is 10.2. The summed E-state index contributed by atoms with van der Waals surface area (Å²) in [6, 6.07) is -0.427. The summed E-state index contributed by atoms with van der Waals surface area (Å²) in [5, 5.41) is 0.327. The molecule has 1 unspecified atom stereocenters. The maximum absolute atomic E-state index is 11.7. The van der Waals surface area contributed by atoms with Gasteiger partial charge in [0.1, 0.15) is 18.1 Å². The van der Waals surface area contributed by atoms with E-state index in [1.165, 1.54) is 6.33 Å². The molecule has 5 nitrogen and oxygen atoms in total. The molecule has 7 heteroatoms. The van der Waals surface area contributed by atoms with E-state index in [0.29, 0.717) is 23.9 Å². The molecule has 1 aliphatic heterocycles. The van der Waals surface area contributed by atoms with Crippen LogP contribution in [0.1, 0.15) is 12.6 Å². The van der Waals surface area contributed by atoms with Gasteiger partial charge in [0, 0.05) is 6.42 Å². The minimum atomic E-state index is -0.427. The number of hydrogen-bond acceptors (Lipinski definition) is 5. The molecule has 0 spiro atoms. The summed E-state index contributed by atoms with van der Waals surface area (Å²) in [6.45, 7) is 2.12. The molecule has 86 valence electrons. The van der Waals surface area contributed by atoms with Crippen molar-refractivity contribution < 1.29 is 9.53 Å². The van der Waals surface area contributed by atoms with Gasteiger partial charge in [0.25, 0.3) is 0 Å². The molecule has 16 heavy (non-hydrogen) atoms. The van der Waals surface area contributed by atoms with Gasteiger partial charge < -0.3 is 4.74 Å². The summed E-state index contributed by atoms with van der Waals surface area (Å²) in [5.74, 6) is -0.298. The Bertz CT molecular complexity index is 429. The average Bonchev–Trinajstić information content (AvgIpc) is 2.58. The van der Waals surface area contributed by atoms with Gasteiger partial charge in [-0.2, -0.15) is 0 Å². The smallest absolute Gasteiger partial charge is 0.330 e. The van der Waals surface area contributed by atoms with E-state index < -0.39 is 6.04 Å². The van der Waals surface area contributed by atoms with Crippen LogP contribution in [0.15, 0.2) is 6.33 Å². The summed E-state index contributed by atoms with van der Waals surface area (Å²) in [6.07, 6.45) is 1.86. The molecule has 0 aliphatic carbocycles. The Labute approximate surface area is 106 Å². The largest absolute Gasteiger partial charge is 0.464 e. The number of esters is 1. The van der Waals surface area contributed by atoms with Gasteiger partial charge >= 0.3 is 5.97 Å². The molecule has 2 heterocycles. The molecule has 0 aromatic carbocycles. The SMILES string of the molecule is CCOC(=O)C1Cc2ncnc(Cl)c2N1Br. The summed E-state index contributed by atoms with van der Waals surface area (Å²) in [5.41, 5.74) is 1.39. The molecule has 1 aromatic heterocycles. The lowest BCUT2D eigenvalue weighted by Crippen LogP contribution is -2.33. The van der Waals surface area contributed by atoms with E-state index in [0.717, 1.165) is 5.69 Å². The van der Waals surface area contributed by atoms with E-state index in [9.17, 15) is 4.79 Å². The monoisotopic (exact) mass is 305 g/mol. The molecule has 0 bridgehead atoms. The molecule has 1 atom stereocenters. The Morgan fingerprint density at radius 3 is 3.12 bits per heavy atom. The quantitative estimate of drug-likeness (QED) is 0.473. The molecule has 0 fully saturated rings. The fourth-order valence-electron chi connectivity index (χ4n) is 1.58. The predicted octanol–water partition coefficient (Wildman–Crippen LogP) is 1.73. The second-order valence-electron chi connectivity index (χ2n) is 3.24. The Kier molecular flexibility index (Phi) is 3.30. The van der Waals surface area contributed by atoms with E-state index >= 15 is 0 Å². The Hall–Kier alpha value is -0.880. The third kappa shape index (κ3) is 1.87. The second kappa shape index (κ2) is 4.55. The zero-order valence-electron chi connectivity index (χ0n) is 8.48. The fourth-order valence-corrected chi connectivity index (χ4v) is 2.62. The van der Waals surface area contributed by atoms with Crippen molar-refractivity contribution in [3.63, 3.8) is 0 Å². The number of rotatable bonds is 2. The minimum absolute atomic E-state index is 0.298. The zero-order valence-corrected chi connectivity index (χ0v) is 10.8. The molecule has 2 rings (SSSR count). The van der Waals surface area contributed by atoms with Crippen LogP contribution < -0.4 is 3.93 Å². The van der Waals surface area contributed by atoms with Gasteiger partial charge in [0.2, 0.25) is 0 Å². The molecule has 0 radical (unpaired) electrons. The van der Waals surface area contributed by atoms with Crippen LogP contribution in [0.3, 0.4) is 0 Å². The zero-order chi connectivity index (χ0) is 11.7. The molecule has 1 aliphatic rings. The van der Waals surface area contributed by atoms with E-state index in [4.69, 9.17) is 16.3 Å². The first-order valence-electron chi connectivity index (χ1n) is 4.76. The highest BCUT2D eigenvalue weighted by Gasteiger charge is 2.37. The Morgan fingerprint density at radius 2 is 2.50 bits per heavy atom. The van der Waals surface area contributed by atoms with Crippen molar-refractivity contribution >= 4 is 39.4 Å². The summed E-state index contributed by atoms with van der Waals surface area (Å²) < 4.78 is 6.55. The van der Waals surface area contributed by atoms with Gasteiger partial charge in [-0.15, -0.1) is 0 Å². The highest BCUT2D eigenvalue weighted by Crippen LogP contribution is 2.38. The van der Waals surface area contributed by atoms with Crippen LogP contribution in [0.2, 0.25) is 5.15 Å². The van der Waals surface area contributed by atoms with Crippen LogP contribution in [-0.2, 0) is 16.0 Å². The third-order valence-electron chi connectivity index (χ3n) is 2.29. The number of carbonyl (C=O) groups excluding carboxylic acids is 1. The summed E-state index contributed by atoms with van der Waals surface area (Å²) in [4.78, 5) is 19.6. The number of fused-ring (bicyclic) bond motifs is 1. The average molecular weight is 307 g/mol. The standard InChI is InChI=1S/C9H9BrClN3O2/c1-2-16-9(15)6-3-5-7(14(6)10)8(11)13-4-12-5/h4,6H,2-3H2,1H3. The predicted molar refractivity (Wildman–Crippen MR) is 62.6 cm³/mol. The fraction of sp³-hybridized carbons (Fsp3) is 0.444. The van der Waals surface area contributed by atoms with Crippen LogP contribution in [0, 0.1) is 0 Å². The third-order valence-corrected chi connectivity index (χ3v) is 3.41. The highest BCUT2D eigenvalue weighted by atomic mass is 79.9. The number of ether oxygens (including phenoxy) is 1. The second-order valence-corrected chi connectivity index (χ2v) is 4.37. The number of aromatic nitrogens is 2. The number of halogens is 2. The van der Waals surface area contributed by atoms with Gasteiger partial charge in [-0.05, 0) is 6.92 Å². The van der Waals surface area contributed by atoms with E-state index in [-0.39, 0.29) is 5.97 Å².